The Labute approximate surface area is 146 Å². The minimum absolute atomic E-state index is 0.0900. The molecule has 0 bridgehead atoms. The van der Waals surface area contributed by atoms with Crippen molar-refractivity contribution in [3.05, 3.63) is 41.7 Å². The smallest absolute Gasteiger partial charge is 0.307 e. The standard InChI is InChI=1S/C18H23FN2O4/c1-14(22)20-11-3-12-21(13-10-18(24)25-2)17(23)9-6-15-4-7-16(19)8-5-15/h4-9H,3,10-13H2,1-2H3,(H,20,22)/b9-6+. The lowest BCUT2D eigenvalue weighted by Crippen LogP contribution is -2.34. The van der Waals surface area contributed by atoms with Crippen LogP contribution in [0.4, 0.5) is 4.39 Å². The molecule has 0 radical (unpaired) electrons. The fraction of sp³-hybridized carbons (Fsp3) is 0.389. The number of esters is 1. The largest absolute Gasteiger partial charge is 0.469 e. The van der Waals surface area contributed by atoms with Crippen molar-refractivity contribution in [3.8, 4) is 0 Å². The van der Waals surface area contributed by atoms with Gasteiger partial charge < -0.3 is 15.0 Å². The molecule has 1 aromatic rings. The van der Waals surface area contributed by atoms with Crippen LogP contribution < -0.4 is 5.32 Å². The van der Waals surface area contributed by atoms with Crippen LogP contribution in [0.15, 0.2) is 30.3 Å². The highest BCUT2D eigenvalue weighted by Gasteiger charge is 2.13. The van der Waals surface area contributed by atoms with E-state index in [1.54, 1.807) is 18.2 Å². The molecule has 1 N–H and O–H groups in total. The maximum Gasteiger partial charge on any atom is 0.307 e. The zero-order valence-electron chi connectivity index (χ0n) is 14.5. The Morgan fingerprint density at radius 2 is 1.88 bits per heavy atom. The van der Waals surface area contributed by atoms with E-state index in [0.29, 0.717) is 25.1 Å². The fourth-order valence-electron chi connectivity index (χ4n) is 2.04. The summed E-state index contributed by atoms with van der Waals surface area (Å²) in [5.74, 6) is -1.15. The van der Waals surface area contributed by atoms with E-state index in [4.69, 9.17) is 0 Å². The third-order valence-corrected chi connectivity index (χ3v) is 3.39. The Balaban J connectivity index is 2.64. The van der Waals surface area contributed by atoms with Crippen LogP contribution in [0.25, 0.3) is 6.08 Å². The molecule has 1 rings (SSSR count). The van der Waals surface area contributed by atoms with Crippen LogP contribution in [0, 0.1) is 5.82 Å². The zero-order valence-corrected chi connectivity index (χ0v) is 14.5. The van der Waals surface area contributed by atoms with Gasteiger partial charge in [0.2, 0.25) is 11.8 Å². The van der Waals surface area contributed by atoms with Crippen LogP contribution in [0.2, 0.25) is 0 Å². The lowest BCUT2D eigenvalue weighted by Gasteiger charge is -2.20. The van der Waals surface area contributed by atoms with E-state index in [9.17, 15) is 18.8 Å². The number of hydrogen-bond donors (Lipinski definition) is 1. The summed E-state index contributed by atoms with van der Waals surface area (Å²) < 4.78 is 17.5. The van der Waals surface area contributed by atoms with Gasteiger partial charge in [0.25, 0.3) is 0 Å². The first-order chi connectivity index (χ1) is 11.9. The fourth-order valence-corrected chi connectivity index (χ4v) is 2.04. The third-order valence-electron chi connectivity index (χ3n) is 3.39. The molecule has 0 saturated carbocycles. The molecule has 0 heterocycles. The second-order valence-electron chi connectivity index (χ2n) is 5.37. The average Bonchev–Trinajstić information content (AvgIpc) is 2.59. The van der Waals surface area contributed by atoms with E-state index in [1.807, 2.05) is 0 Å². The lowest BCUT2D eigenvalue weighted by molar-refractivity contribution is -0.141. The molecule has 0 unspecified atom stereocenters. The molecule has 25 heavy (non-hydrogen) atoms. The quantitative estimate of drug-likeness (QED) is 0.418. The lowest BCUT2D eigenvalue weighted by atomic mass is 10.2. The van der Waals surface area contributed by atoms with Gasteiger partial charge in [-0.15, -0.1) is 0 Å². The summed E-state index contributed by atoms with van der Waals surface area (Å²) in [5, 5.41) is 2.66. The highest BCUT2D eigenvalue weighted by Crippen LogP contribution is 2.06. The van der Waals surface area contributed by atoms with Crippen molar-refractivity contribution >= 4 is 23.9 Å². The molecule has 0 aromatic heterocycles. The zero-order chi connectivity index (χ0) is 18.7. The van der Waals surface area contributed by atoms with E-state index in [2.05, 4.69) is 10.1 Å². The molecule has 136 valence electrons. The van der Waals surface area contributed by atoms with Gasteiger partial charge in [-0.2, -0.15) is 0 Å². The van der Waals surface area contributed by atoms with Gasteiger partial charge in [0.15, 0.2) is 0 Å². The summed E-state index contributed by atoms with van der Waals surface area (Å²) in [6.07, 6.45) is 3.62. The topological polar surface area (TPSA) is 75.7 Å². The maximum absolute atomic E-state index is 12.9. The van der Waals surface area contributed by atoms with Gasteiger partial charge in [-0.3, -0.25) is 14.4 Å². The minimum Gasteiger partial charge on any atom is -0.469 e. The molecule has 6 nitrogen and oxygen atoms in total. The summed E-state index contributed by atoms with van der Waals surface area (Å²) in [6, 6.07) is 5.75. The van der Waals surface area contributed by atoms with Crippen LogP contribution in [-0.2, 0) is 19.1 Å². The number of halogens is 1. The summed E-state index contributed by atoms with van der Waals surface area (Å²) in [4.78, 5) is 36.0. The summed E-state index contributed by atoms with van der Waals surface area (Å²) in [7, 11) is 1.29. The molecule has 2 amide bonds. The number of carbonyl (C=O) groups is 3. The van der Waals surface area contributed by atoms with Crippen LogP contribution in [0.5, 0.6) is 0 Å². The molecular formula is C18H23FN2O4. The Hall–Kier alpha value is -2.70. The van der Waals surface area contributed by atoms with E-state index >= 15 is 0 Å². The molecule has 7 heteroatoms. The van der Waals surface area contributed by atoms with E-state index < -0.39 is 5.97 Å². The SMILES string of the molecule is COC(=O)CCN(CCCNC(C)=O)C(=O)/C=C/c1ccc(F)cc1. The van der Waals surface area contributed by atoms with Gasteiger partial charge >= 0.3 is 5.97 Å². The van der Waals surface area contributed by atoms with Crippen LogP contribution in [-0.4, -0.2) is 49.4 Å². The van der Waals surface area contributed by atoms with Crippen LogP contribution >= 0.6 is 0 Å². The summed E-state index contributed by atoms with van der Waals surface area (Å²) >= 11 is 0. The Morgan fingerprint density at radius 3 is 2.48 bits per heavy atom. The molecule has 0 fully saturated rings. The first kappa shape index (κ1) is 20.3. The normalized spacial score (nSPS) is 10.5. The summed E-state index contributed by atoms with van der Waals surface area (Å²) in [6.45, 7) is 2.48. The first-order valence-corrected chi connectivity index (χ1v) is 7.96. The molecule has 0 saturated heterocycles. The van der Waals surface area contributed by atoms with Crippen molar-refractivity contribution in [1.82, 2.24) is 10.2 Å². The van der Waals surface area contributed by atoms with Crippen molar-refractivity contribution in [3.63, 3.8) is 0 Å². The van der Waals surface area contributed by atoms with Crippen molar-refractivity contribution in [2.75, 3.05) is 26.7 Å². The van der Waals surface area contributed by atoms with Crippen molar-refractivity contribution in [2.45, 2.75) is 19.8 Å². The van der Waals surface area contributed by atoms with Gasteiger partial charge in [-0.05, 0) is 30.2 Å². The van der Waals surface area contributed by atoms with Crippen molar-refractivity contribution < 1.29 is 23.5 Å². The van der Waals surface area contributed by atoms with Gasteiger partial charge in [-0.1, -0.05) is 12.1 Å². The second kappa shape index (κ2) is 11.0. The van der Waals surface area contributed by atoms with Crippen LogP contribution in [0.3, 0.4) is 0 Å². The van der Waals surface area contributed by atoms with Crippen molar-refractivity contribution in [2.24, 2.45) is 0 Å². The number of amides is 2. The van der Waals surface area contributed by atoms with Gasteiger partial charge in [0.05, 0.1) is 13.5 Å². The Kier molecular flexibility index (Phi) is 8.92. The summed E-state index contributed by atoms with van der Waals surface area (Å²) in [5.41, 5.74) is 0.695. The number of benzene rings is 1. The number of nitrogens with one attached hydrogen (secondary N) is 1. The molecule has 1 aromatic carbocycles. The highest BCUT2D eigenvalue weighted by molar-refractivity contribution is 5.92. The average molecular weight is 350 g/mol. The molecular weight excluding hydrogens is 327 g/mol. The second-order valence-corrected chi connectivity index (χ2v) is 5.37. The van der Waals surface area contributed by atoms with Crippen molar-refractivity contribution in [1.29, 1.82) is 0 Å². The minimum atomic E-state index is -0.401. The van der Waals surface area contributed by atoms with Gasteiger partial charge in [0, 0.05) is 32.6 Å². The van der Waals surface area contributed by atoms with Crippen LogP contribution in [0.1, 0.15) is 25.3 Å². The predicted octanol–water partition coefficient (Wildman–Crippen LogP) is 1.76. The molecule has 0 atom stereocenters. The Morgan fingerprint density at radius 1 is 1.20 bits per heavy atom. The number of nitrogens with zero attached hydrogens (tertiary/aromatic N) is 1. The number of methoxy groups -OCH3 is 1. The molecule has 0 aliphatic carbocycles. The predicted molar refractivity (Wildman–Crippen MR) is 91.9 cm³/mol. The van der Waals surface area contributed by atoms with E-state index in [1.165, 1.54) is 37.1 Å². The van der Waals surface area contributed by atoms with Gasteiger partial charge in [-0.25, -0.2) is 4.39 Å². The molecule has 0 spiro atoms. The Bertz CT molecular complexity index is 614. The number of ether oxygens (including phenoxy) is 1. The third kappa shape index (κ3) is 8.64. The van der Waals surface area contributed by atoms with E-state index in [0.717, 1.165) is 0 Å². The van der Waals surface area contributed by atoms with E-state index in [-0.39, 0.29) is 30.6 Å². The number of hydrogen-bond acceptors (Lipinski definition) is 4. The number of rotatable bonds is 9. The highest BCUT2D eigenvalue weighted by atomic mass is 19.1. The number of carbonyl (C=O) groups excluding carboxylic acids is 3. The maximum atomic E-state index is 12.9. The van der Waals surface area contributed by atoms with Gasteiger partial charge in [0.1, 0.15) is 5.82 Å². The molecule has 0 aliphatic heterocycles. The first-order valence-electron chi connectivity index (χ1n) is 7.96. The molecule has 0 aliphatic rings. The monoisotopic (exact) mass is 350 g/mol.